The Morgan fingerprint density at radius 1 is 0.800 bits per heavy atom. The second-order valence-electron chi connectivity index (χ2n) is 0. The van der Waals surface area contributed by atoms with Crippen LogP contribution >= 0.6 is 0 Å². The van der Waals surface area contributed by atoms with Gasteiger partial charge in [0, 0.05) is 39.0 Å². The van der Waals surface area contributed by atoms with E-state index in [0.29, 0.717) is 0 Å². The van der Waals surface area contributed by atoms with E-state index in [4.69, 9.17) is 0 Å². The fourth-order valence-corrected chi connectivity index (χ4v) is 0. The first-order valence-electron chi connectivity index (χ1n) is 0. The van der Waals surface area contributed by atoms with Crippen molar-refractivity contribution in [1.82, 2.24) is 0 Å². The van der Waals surface area contributed by atoms with Crippen LogP contribution in [0.4, 0.5) is 0 Å². The van der Waals surface area contributed by atoms with Gasteiger partial charge in [-0.15, -0.1) is 0 Å². The van der Waals surface area contributed by atoms with E-state index in [0.717, 1.165) is 0 Å². The molecule has 0 radical (unpaired) electrons. The van der Waals surface area contributed by atoms with E-state index in [1.165, 1.54) is 0 Å². The second kappa shape index (κ2) is 26.5. The number of hydrogen-bond acceptors (Lipinski definition) is 0. The maximum atomic E-state index is 0. The molecule has 0 atom stereocenters. The minimum Gasteiger partial charge on any atom is 0 e. The molecule has 0 spiro atoms. The Morgan fingerprint density at radius 3 is 0.800 bits per heavy atom. The van der Waals surface area contributed by atoms with Crippen LogP contribution in [0.2, 0.25) is 0 Å². The summed E-state index contributed by atoms with van der Waals surface area (Å²) in [6, 6.07) is 0. The van der Waals surface area contributed by atoms with Crippen LogP contribution in [-0.4, -0.2) is 69.2 Å². The van der Waals surface area contributed by atoms with Crippen LogP contribution in [0.5, 0.6) is 0 Å². The van der Waals surface area contributed by atoms with E-state index in [1.54, 1.807) is 0 Å². The van der Waals surface area contributed by atoms with Gasteiger partial charge in [0.2, 0.25) is 0 Å². The second-order valence-corrected chi connectivity index (χ2v) is 0. The van der Waals surface area contributed by atoms with Gasteiger partial charge in [-0.25, -0.2) is 0 Å². The van der Waals surface area contributed by atoms with Crippen molar-refractivity contribution < 1.29 is 39.0 Å². The third-order valence-corrected chi connectivity index (χ3v) is 0. The Hall–Kier alpha value is 3.34. The molecule has 0 aliphatic heterocycles. The Labute approximate surface area is 106 Å². The molecule has 18 valence electrons. The van der Waals surface area contributed by atoms with Gasteiger partial charge < -0.3 is 0 Å². The molecule has 0 N–H and O–H groups in total. The molecule has 0 saturated carbocycles. The summed E-state index contributed by atoms with van der Waals surface area (Å²) in [5, 5.41) is 0. The zero-order valence-corrected chi connectivity index (χ0v) is 7.35. The summed E-state index contributed by atoms with van der Waals surface area (Å²) >= 11 is 0. The van der Waals surface area contributed by atoms with Gasteiger partial charge in [-0.3, -0.25) is 0 Å². The molecule has 0 nitrogen and oxygen atoms in total. The first kappa shape index (κ1) is 40.3. The van der Waals surface area contributed by atoms with Crippen LogP contribution in [0.25, 0.3) is 0 Å². The zero-order chi connectivity index (χ0) is 0. The fourth-order valence-electron chi connectivity index (χ4n) is 0. The molecule has 0 fully saturated rings. The minimum atomic E-state index is 0. The van der Waals surface area contributed by atoms with E-state index < -0.39 is 0 Å². The molecular weight excluding hydrogens is 206 g/mol. The van der Waals surface area contributed by atoms with Crippen LogP contribution in [0.15, 0.2) is 0 Å². The summed E-state index contributed by atoms with van der Waals surface area (Å²) < 4.78 is 0. The Bertz CT molecular complexity index is 9.61. The molecule has 0 rings (SSSR count). The van der Waals surface area contributed by atoms with Crippen molar-refractivity contribution in [3.63, 3.8) is 0 Å². The summed E-state index contributed by atoms with van der Waals surface area (Å²) in [4.78, 5) is 0. The molecule has 0 saturated heterocycles. The van der Waals surface area contributed by atoms with Gasteiger partial charge in [0.05, 0.1) is 8.41 Å². The van der Waals surface area contributed by atoms with Crippen molar-refractivity contribution in [2.45, 2.75) is 0 Å². The van der Waals surface area contributed by atoms with Gasteiger partial charge in [0.25, 0.3) is 0 Å². The third kappa shape index (κ3) is 18.8. The van der Waals surface area contributed by atoms with Crippen molar-refractivity contribution >= 4 is 69.2 Å². The van der Waals surface area contributed by atoms with Gasteiger partial charge in [-0.1, -0.05) is 0 Å². The van der Waals surface area contributed by atoms with E-state index >= 15 is 0 Å². The van der Waals surface area contributed by atoms with Crippen molar-refractivity contribution in [3.05, 3.63) is 0 Å². The van der Waals surface area contributed by atoms with Crippen molar-refractivity contribution in [2.75, 3.05) is 0 Å². The minimum absolute atomic E-state index is 0. The summed E-state index contributed by atoms with van der Waals surface area (Å²) in [5.74, 6) is 0. The van der Waals surface area contributed by atoms with E-state index in [9.17, 15) is 0 Å². The fraction of sp³-hybridized carbons (Fsp3) is 0. The van der Waals surface area contributed by atoms with Gasteiger partial charge in [-0.2, -0.15) is 0 Å². The molecule has 0 aromatic carbocycles. The van der Waals surface area contributed by atoms with Gasteiger partial charge in [-0.05, 0) is 0 Å². The predicted molar refractivity (Wildman–Crippen MR) is 27.0 cm³/mol. The molecular formula is H7BCaMgZn2. The normalized spacial score (nSPS) is 0. The molecule has 0 aliphatic carbocycles. The summed E-state index contributed by atoms with van der Waals surface area (Å²) in [7, 11) is 0. The van der Waals surface area contributed by atoms with Gasteiger partial charge >= 0.3 is 60.8 Å². The van der Waals surface area contributed by atoms with Crippen LogP contribution < -0.4 is 0 Å². The van der Waals surface area contributed by atoms with Crippen LogP contribution in [-0.2, 0) is 39.0 Å². The molecule has 5 heavy (non-hydrogen) atoms. The van der Waals surface area contributed by atoms with E-state index in [2.05, 4.69) is 0 Å². The largest absolute Gasteiger partial charge is 0.316 e. The first-order chi connectivity index (χ1) is 0. The summed E-state index contributed by atoms with van der Waals surface area (Å²) in [6.07, 6.45) is 0. The number of hydrogen-bond donors (Lipinski definition) is 0. The van der Waals surface area contributed by atoms with Gasteiger partial charge in [0.1, 0.15) is 0 Å². The zero-order valence-electron chi connectivity index (χ0n) is 1.41. The van der Waals surface area contributed by atoms with E-state index in [-0.39, 0.29) is 108 Å². The van der Waals surface area contributed by atoms with Crippen LogP contribution in [0.3, 0.4) is 0 Å². The van der Waals surface area contributed by atoms with Gasteiger partial charge in [0.15, 0.2) is 0 Å². The Morgan fingerprint density at radius 2 is 0.800 bits per heavy atom. The van der Waals surface area contributed by atoms with E-state index in [1.807, 2.05) is 0 Å². The maximum absolute atomic E-state index is 0. The SMILES string of the molecule is B.[CaH2].[MgH2].[Zn].[Zn]. The molecule has 5 heteroatoms. The Balaban J connectivity index is 0. The van der Waals surface area contributed by atoms with Crippen molar-refractivity contribution in [3.8, 4) is 0 Å². The smallest absolute Gasteiger partial charge is 0 e. The molecule has 0 heterocycles. The Kier molecular flexibility index (Phi) is 213. The molecule has 0 bridgehead atoms. The molecule has 0 aromatic rings. The predicted octanol–water partition coefficient (Wildman–Crippen LogP) is -3.02. The monoisotopic (exact) mass is 210 g/mol. The quantitative estimate of drug-likeness (QED) is 0.376. The average molecular weight is 213 g/mol. The first-order valence-corrected chi connectivity index (χ1v) is 0. The van der Waals surface area contributed by atoms with Crippen LogP contribution in [0.1, 0.15) is 0 Å². The molecule has 0 unspecified atom stereocenters. The number of rotatable bonds is 0. The topological polar surface area (TPSA) is 0 Å². The average Bonchev–Trinajstić information content (AvgIpc) is 0. The van der Waals surface area contributed by atoms with Crippen molar-refractivity contribution in [2.24, 2.45) is 0 Å². The molecule has 0 amide bonds. The summed E-state index contributed by atoms with van der Waals surface area (Å²) in [6.45, 7) is 0. The summed E-state index contributed by atoms with van der Waals surface area (Å²) in [5.41, 5.74) is 0. The maximum Gasteiger partial charge on any atom is 0.316 e. The molecule has 0 aliphatic rings. The third-order valence-electron chi connectivity index (χ3n) is 0. The standard InChI is InChI=1S/BH3.Ca.Mg.2Zn.4H/h1H3;;;;;;;;. The molecule has 0 aromatic heterocycles. The van der Waals surface area contributed by atoms with Crippen LogP contribution in [0, 0.1) is 0 Å². The van der Waals surface area contributed by atoms with Crippen molar-refractivity contribution in [1.29, 1.82) is 0 Å².